The van der Waals surface area contributed by atoms with Gasteiger partial charge in [0.25, 0.3) is 5.56 Å². The van der Waals surface area contributed by atoms with Gasteiger partial charge < -0.3 is 4.98 Å². The average Bonchev–Trinajstić information content (AvgIpc) is 3.00. The molecule has 0 fully saturated rings. The molecule has 0 aliphatic heterocycles. The highest BCUT2D eigenvalue weighted by atomic mass is 32.1. The Morgan fingerprint density at radius 3 is 2.76 bits per heavy atom. The van der Waals surface area contributed by atoms with E-state index in [2.05, 4.69) is 4.98 Å². The second-order valence-corrected chi connectivity index (χ2v) is 6.60. The van der Waals surface area contributed by atoms with Crippen LogP contribution in [0.25, 0.3) is 15.9 Å². The van der Waals surface area contributed by atoms with Gasteiger partial charge in [0.15, 0.2) is 4.77 Å². The normalized spacial score (nSPS) is 13.8. The first kappa shape index (κ1) is 12.9. The summed E-state index contributed by atoms with van der Waals surface area (Å²) in [6.07, 6.45) is 3.08. The van der Waals surface area contributed by atoms with Crippen molar-refractivity contribution in [1.82, 2.24) is 9.55 Å². The summed E-state index contributed by atoms with van der Waals surface area (Å²) in [5, 5.41) is 0.741. The lowest BCUT2D eigenvalue weighted by Crippen LogP contribution is -2.20. The van der Waals surface area contributed by atoms with E-state index in [1.165, 1.54) is 21.6 Å². The number of fused-ring (bicyclic) bond motifs is 3. The highest BCUT2D eigenvalue weighted by molar-refractivity contribution is 7.71. The summed E-state index contributed by atoms with van der Waals surface area (Å²) in [7, 11) is 0. The van der Waals surface area contributed by atoms with Gasteiger partial charge in [-0.2, -0.15) is 0 Å². The summed E-state index contributed by atoms with van der Waals surface area (Å²) in [5.74, 6) is -0.334. The largest absolute Gasteiger partial charge is 0.323 e. The highest BCUT2D eigenvalue weighted by Gasteiger charge is 2.21. The number of aromatic amines is 1. The van der Waals surface area contributed by atoms with Crippen molar-refractivity contribution in [3.63, 3.8) is 0 Å². The van der Waals surface area contributed by atoms with Gasteiger partial charge in [-0.3, -0.25) is 9.36 Å². The maximum absolute atomic E-state index is 13.1. The molecular weight excluding hydrogens is 307 g/mol. The average molecular weight is 318 g/mol. The summed E-state index contributed by atoms with van der Waals surface area (Å²) in [4.78, 5) is 18.1. The summed E-state index contributed by atoms with van der Waals surface area (Å²) in [6.45, 7) is 0. The molecule has 0 unspecified atom stereocenters. The van der Waals surface area contributed by atoms with Gasteiger partial charge in [-0.05, 0) is 61.3 Å². The minimum absolute atomic E-state index is 0.111. The van der Waals surface area contributed by atoms with Crippen molar-refractivity contribution in [1.29, 1.82) is 0 Å². The van der Waals surface area contributed by atoms with Crippen molar-refractivity contribution in [2.45, 2.75) is 19.3 Å². The Kier molecular flexibility index (Phi) is 2.83. The van der Waals surface area contributed by atoms with Gasteiger partial charge in [-0.25, -0.2) is 4.39 Å². The van der Waals surface area contributed by atoms with E-state index in [0.717, 1.165) is 35.0 Å². The summed E-state index contributed by atoms with van der Waals surface area (Å²) >= 11 is 6.93. The molecule has 4 rings (SSSR count). The first-order chi connectivity index (χ1) is 10.1. The van der Waals surface area contributed by atoms with Crippen molar-refractivity contribution in [2.24, 2.45) is 0 Å². The zero-order valence-electron chi connectivity index (χ0n) is 11.0. The molecule has 3 aromatic rings. The second-order valence-electron chi connectivity index (χ2n) is 5.11. The molecule has 0 bridgehead atoms. The third-order valence-electron chi connectivity index (χ3n) is 3.85. The quantitative estimate of drug-likeness (QED) is 0.694. The molecule has 0 amide bonds. The number of rotatable bonds is 1. The lowest BCUT2D eigenvalue weighted by Gasteiger charge is -2.07. The molecule has 0 saturated carbocycles. The SMILES string of the molecule is O=c1c2c3c(sc2[nH]c(=S)n1-c1ccc(F)cc1)CCC3. The lowest BCUT2D eigenvalue weighted by molar-refractivity contribution is 0.627. The van der Waals surface area contributed by atoms with Gasteiger partial charge in [0.1, 0.15) is 10.6 Å². The molecular formula is C15H11FN2OS2. The van der Waals surface area contributed by atoms with Crippen molar-refractivity contribution < 1.29 is 4.39 Å². The van der Waals surface area contributed by atoms with Crippen LogP contribution >= 0.6 is 23.6 Å². The molecule has 2 aromatic heterocycles. The van der Waals surface area contributed by atoms with Crippen LogP contribution in [-0.4, -0.2) is 9.55 Å². The molecule has 1 aliphatic rings. The van der Waals surface area contributed by atoms with E-state index in [9.17, 15) is 9.18 Å². The van der Waals surface area contributed by atoms with Crippen LogP contribution in [-0.2, 0) is 12.8 Å². The Morgan fingerprint density at radius 2 is 2.00 bits per heavy atom. The Morgan fingerprint density at radius 1 is 1.24 bits per heavy atom. The summed E-state index contributed by atoms with van der Waals surface area (Å²) in [5.41, 5.74) is 1.63. The Bertz CT molecular complexity index is 966. The molecule has 2 heterocycles. The Labute approximate surface area is 128 Å². The van der Waals surface area contributed by atoms with E-state index in [1.807, 2.05) is 0 Å². The maximum atomic E-state index is 13.1. The smallest absolute Gasteiger partial charge is 0.267 e. The number of hydrogen-bond donors (Lipinski definition) is 1. The highest BCUT2D eigenvalue weighted by Crippen LogP contribution is 2.34. The number of benzene rings is 1. The molecule has 3 nitrogen and oxygen atoms in total. The van der Waals surface area contributed by atoms with E-state index in [-0.39, 0.29) is 11.4 Å². The van der Waals surface area contributed by atoms with Gasteiger partial charge in [0.05, 0.1) is 11.1 Å². The molecule has 0 spiro atoms. The fourth-order valence-electron chi connectivity index (χ4n) is 2.90. The number of H-pyrrole nitrogens is 1. The van der Waals surface area contributed by atoms with Gasteiger partial charge >= 0.3 is 0 Å². The Hall–Kier alpha value is -1.79. The van der Waals surface area contributed by atoms with Crippen LogP contribution in [0, 0.1) is 10.6 Å². The van der Waals surface area contributed by atoms with Crippen LogP contribution in [0.2, 0.25) is 0 Å². The molecule has 6 heteroatoms. The van der Waals surface area contributed by atoms with E-state index >= 15 is 0 Å². The number of halogens is 1. The van der Waals surface area contributed by atoms with Gasteiger partial charge in [0, 0.05) is 4.88 Å². The van der Waals surface area contributed by atoms with Crippen LogP contribution < -0.4 is 5.56 Å². The standard InChI is InChI=1S/C15H11FN2OS2/c16-8-4-6-9(7-5-8)18-14(19)12-10-2-1-3-11(10)21-13(12)17-15(18)20/h4-7H,1-3H2,(H,17,20). The maximum Gasteiger partial charge on any atom is 0.267 e. The Balaban J connectivity index is 2.08. The number of nitrogens with one attached hydrogen (secondary N) is 1. The van der Waals surface area contributed by atoms with E-state index in [4.69, 9.17) is 12.2 Å². The zero-order chi connectivity index (χ0) is 14.6. The lowest BCUT2D eigenvalue weighted by atomic mass is 10.2. The van der Waals surface area contributed by atoms with Crippen molar-refractivity contribution in [3.05, 3.63) is 55.6 Å². The second kappa shape index (κ2) is 4.61. The monoisotopic (exact) mass is 318 g/mol. The minimum atomic E-state index is -0.334. The predicted octanol–water partition coefficient (Wildman–Crippen LogP) is 3.74. The molecule has 0 saturated heterocycles. The molecule has 0 radical (unpaired) electrons. The number of hydrogen-bond acceptors (Lipinski definition) is 3. The third-order valence-corrected chi connectivity index (χ3v) is 5.34. The van der Waals surface area contributed by atoms with Crippen molar-refractivity contribution in [2.75, 3.05) is 0 Å². The van der Waals surface area contributed by atoms with Gasteiger partial charge in [0.2, 0.25) is 0 Å². The van der Waals surface area contributed by atoms with Crippen LogP contribution in [0.1, 0.15) is 16.9 Å². The topological polar surface area (TPSA) is 37.8 Å². The number of nitrogens with zero attached hydrogens (tertiary/aromatic N) is 1. The van der Waals surface area contributed by atoms with Crippen LogP contribution in [0.3, 0.4) is 0 Å². The van der Waals surface area contributed by atoms with Gasteiger partial charge in [-0.1, -0.05) is 0 Å². The van der Waals surface area contributed by atoms with E-state index < -0.39 is 0 Å². The van der Waals surface area contributed by atoms with Crippen LogP contribution in [0.15, 0.2) is 29.1 Å². The van der Waals surface area contributed by atoms with E-state index in [1.54, 1.807) is 23.5 Å². The fourth-order valence-corrected chi connectivity index (χ4v) is 4.54. The summed E-state index contributed by atoms with van der Waals surface area (Å²) in [6, 6.07) is 5.80. The first-order valence-corrected chi connectivity index (χ1v) is 7.93. The van der Waals surface area contributed by atoms with Gasteiger partial charge in [-0.15, -0.1) is 11.3 Å². The van der Waals surface area contributed by atoms with Crippen LogP contribution in [0.5, 0.6) is 0 Å². The fraction of sp³-hybridized carbons (Fsp3) is 0.200. The molecule has 1 N–H and O–H groups in total. The number of aromatic nitrogens is 2. The minimum Gasteiger partial charge on any atom is -0.323 e. The van der Waals surface area contributed by atoms with Crippen molar-refractivity contribution in [3.8, 4) is 5.69 Å². The van der Waals surface area contributed by atoms with Crippen LogP contribution in [0.4, 0.5) is 4.39 Å². The first-order valence-electron chi connectivity index (χ1n) is 6.70. The van der Waals surface area contributed by atoms with Crippen molar-refractivity contribution >= 4 is 33.8 Å². The molecule has 21 heavy (non-hydrogen) atoms. The molecule has 1 aliphatic carbocycles. The molecule has 106 valence electrons. The zero-order valence-corrected chi connectivity index (χ0v) is 12.6. The predicted molar refractivity (Wildman–Crippen MR) is 84.6 cm³/mol. The summed E-state index contributed by atoms with van der Waals surface area (Å²) < 4.78 is 14.9. The third kappa shape index (κ3) is 1.90. The number of thiophene rings is 1. The molecule has 1 aromatic carbocycles. The number of aryl methyl sites for hydroxylation is 2. The van der Waals surface area contributed by atoms with E-state index in [0.29, 0.717) is 10.5 Å². The molecule has 0 atom stereocenters.